The summed E-state index contributed by atoms with van der Waals surface area (Å²) in [6, 6.07) is 86.7. The molecule has 2 aromatic heterocycles. The van der Waals surface area contributed by atoms with Gasteiger partial charge in [-0.25, -0.2) is 15.0 Å². The van der Waals surface area contributed by atoms with Gasteiger partial charge in [0.2, 0.25) is 0 Å². The number of fused-ring (bicyclic) bond motifs is 9. The van der Waals surface area contributed by atoms with Crippen LogP contribution in [0, 0.1) is 0 Å². The van der Waals surface area contributed by atoms with E-state index in [1.165, 1.54) is 81.9 Å². The van der Waals surface area contributed by atoms with E-state index in [1.54, 1.807) is 0 Å². The van der Waals surface area contributed by atoms with Crippen molar-refractivity contribution in [3.63, 3.8) is 0 Å². The molecule has 0 amide bonds. The fourth-order valence-corrected chi connectivity index (χ4v) is 10.0. The maximum Gasteiger partial charge on any atom is 0.164 e. The van der Waals surface area contributed by atoms with E-state index in [-0.39, 0.29) is 0 Å². The zero-order valence-electron chi connectivity index (χ0n) is 36.4. The molecule has 4 nitrogen and oxygen atoms in total. The van der Waals surface area contributed by atoms with Gasteiger partial charge in [0.15, 0.2) is 17.5 Å². The molecule has 0 atom stereocenters. The average molecular weight is 853 g/mol. The average Bonchev–Trinajstić information content (AvgIpc) is 3.75. The summed E-state index contributed by atoms with van der Waals surface area (Å²) in [5.74, 6) is 1.94. The minimum Gasteiger partial charge on any atom is -0.309 e. The van der Waals surface area contributed by atoms with Crippen LogP contribution in [0.15, 0.2) is 243 Å². The molecular weight excluding hydrogens is 813 g/mol. The summed E-state index contributed by atoms with van der Waals surface area (Å²) in [7, 11) is 0. The molecule has 0 saturated heterocycles. The Kier molecular flexibility index (Phi) is 9.14. The van der Waals surface area contributed by atoms with Crippen molar-refractivity contribution in [2.45, 2.75) is 0 Å². The van der Waals surface area contributed by atoms with Crippen molar-refractivity contribution in [3.8, 4) is 73.2 Å². The number of para-hydroxylation sites is 1. The highest BCUT2D eigenvalue weighted by Crippen LogP contribution is 2.43. The number of hydrogen-bond donors (Lipinski definition) is 0. The molecule has 0 N–H and O–H groups in total. The highest BCUT2D eigenvalue weighted by atomic mass is 15.0. The number of hydrogen-bond acceptors (Lipinski definition) is 3. The summed E-state index contributed by atoms with van der Waals surface area (Å²) in [5, 5.41) is 9.89. The van der Waals surface area contributed by atoms with Gasteiger partial charge in [0.25, 0.3) is 0 Å². The molecule has 0 spiro atoms. The SMILES string of the molecule is c1ccc(-c2ccc(-n3c4ccccc4c4ccc(-c5ccc6c(c5)c5ccccc5c5cccc(-c7ccc(-c8nc(-c9ccccc9)nc(-c9ccccc9)n8)cc7)c56)cc43)cc2)cc1. The van der Waals surface area contributed by atoms with Crippen LogP contribution in [0.2, 0.25) is 0 Å². The molecule has 0 saturated carbocycles. The number of nitrogens with zero attached hydrogens (tertiary/aromatic N) is 4. The second kappa shape index (κ2) is 15.9. The quantitative estimate of drug-likeness (QED) is 0.150. The van der Waals surface area contributed by atoms with Crippen molar-refractivity contribution < 1.29 is 0 Å². The lowest BCUT2D eigenvalue weighted by molar-refractivity contribution is 1.07. The van der Waals surface area contributed by atoms with Gasteiger partial charge in [0.1, 0.15) is 0 Å². The third-order valence-corrected chi connectivity index (χ3v) is 13.3. The van der Waals surface area contributed by atoms with Crippen LogP contribution in [0.3, 0.4) is 0 Å². The van der Waals surface area contributed by atoms with E-state index in [0.29, 0.717) is 17.5 Å². The Morgan fingerprint density at radius 3 is 1.30 bits per heavy atom. The van der Waals surface area contributed by atoms with Gasteiger partial charge in [0, 0.05) is 33.2 Å². The summed E-state index contributed by atoms with van der Waals surface area (Å²) in [6.07, 6.45) is 0. The molecule has 0 fully saturated rings. The first-order chi connectivity index (χ1) is 33.2. The Hall–Kier alpha value is -8.99. The van der Waals surface area contributed by atoms with Gasteiger partial charge in [-0.3, -0.25) is 0 Å². The van der Waals surface area contributed by atoms with Gasteiger partial charge in [-0.05, 0) is 96.0 Å². The zero-order chi connectivity index (χ0) is 44.3. The van der Waals surface area contributed by atoms with E-state index in [1.807, 2.05) is 60.7 Å². The lowest BCUT2D eigenvalue weighted by Crippen LogP contribution is -2.00. The van der Waals surface area contributed by atoms with Crippen molar-refractivity contribution in [3.05, 3.63) is 243 Å². The molecule has 11 aromatic carbocycles. The summed E-state index contributed by atoms with van der Waals surface area (Å²) in [4.78, 5) is 14.9. The second-order valence-electron chi connectivity index (χ2n) is 17.1. The van der Waals surface area contributed by atoms with Crippen LogP contribution < -0.4 is 0 Å². The van der Waals surface area contributed by atoms with E-state index >= 15 is 0 Å². The van der Waals surface area contributed by atoms with E-state index < -0.39 is 0 Å². The van der Waals surface area contributed by atoms with E-state index in [9.17, 15) is 0 Å². The Balaban J connectivity index is 0.931. The molecule has 0 bridgehead atoms. The lowest BCUT2D eigenvalue weighted by Gasteiger charge is -2.16. The van der Waals surface area contributed by atoms with Crippen LogP contribution in [0.25, 0.3) is 127 Å². The van der Waals surface area contributed by atoms with E-state index in [2.05, 4.69) is 187 Å². The fourth-order valence-electron chi connectivity index (χ4n) is 10.0. The van der Waals surface area contributed by atoms with Gasteiger partial charge in [-0.2, -0.15) is 0 Å². The van der Waals surface area contributed by atoms with E-state index in [0.717, 1.165) is 27.9 Å². The van der Waals surface area contributed by atoms with Crippen LogP contribution in [-0.4, -0.2) is 19.5 Å². The summed E-state index contributed by atoms with van der Waals surface area (Å²) in [5.41, 5.74) is 13.4. The Morgan fingerprint density at radius 1 is 0.239 bits per heavy atom. The van der Waals surface area contributed by atoms with Crippen molar-refractivity contribution in [1.29, 1.82) is 0 Å². The molecule has 0 unspecified atom stereocenters. The van der Waals surface area contributed by atoms with E-state index in [4.69, 9.17) is 15.0 Å². The van der Waals surface area contributed by atoms with Crippen molar-refractivity contribution in [2.75, 3.05) is 0 Å². The predicted molar refractivity (Wildman–Crippen MR) is 279 cm³/mol. The van der Waals surface area contributed by atoms with Gasteiger partial charge in [0.05, 0.1) is 11.0 Å². The Morgan fingerprint density at radius 2 is 0.657 bits per heavy atom. The van der Waals surface area contributed by atoms with Gasteiger partial charge in [-0.1, -0.05) is 212 Å². The predicted octanol–water partition coefficient (Wildman–Crippen LogP) is 16.4. The molecule has 4 heteroatoms. The monoisotopic (exact) mass is 852 g/mol. The molecule has 0 aliphatic rings. The molecule has 13 rings (SSSR count). The largest absolute Gasteiger partial charge is 0.309 e. The third kappa shape index (κ3) is 6.65. The van der Waals surface area contributed by atoms with Crippen LogP contribution in [-0.2, 0) is 0 Å². The number of aromatic nitrogens is 4. The minimum absolute atomic E-state index is 0.640. The lowest BCUT2D eigenvalue weighted by atomic mass is 9.88. The van der Waals surface area contributed by atoms with Gasteiger partial charge in [-0.15, -0.1) is 0 Å². The summed E-state index contributed by atoms with van der Waals surface area (Å²) in [6.45, 7) is 0. The van der Waals surface area contributed by atoms with Gasteiger partial charge < -0.3 is 4.57 Å². The Bertz CT molecular complexity index is 3930. The standard InChI is InChI=1S/C63H40N4/c1-4-15-41(16-5-1)42-31-35-49(36-32-42)67-58-26-13-12-23-53(58)54-37-33-48(40-59(54)67)47-34-38-56-57(39-47)52-22-11-10-21-51(52)55-25-14-24-50(60(55)56)43-27-29-46(30-28-43)63-65-61(44-17-6-2-7-18-44)64-62(66-63)45-19-8-3-9-20-45/h1-40H. The molecular formula is C63H40N4. The second-order valence-corrected chi connectivity index (χ2v) is 17.1. The van der Waals surface area contributed by atoms with Crippen molar-refractivity contribution >= 4 is 54.1 Å². The molecule has 13 aromatic rings. The van der Waals surface area contributed by atoms with Gasteiger partial charge >= 0.3 is 0 Å². The van der Waals surface area contributed by atoms with Crippen LogP contribution in [0.1, 0.15) is 0 Å². The molecule has 67 heavy (non-hydrogen) atoms. The first-order valence-corrected chi connectivity index (χ1v) is 22.8. The maximum absolute atomic E-state index is 5.00. The first kappa shape index (κ1) is 38.5. The first-order valence-electron chi connectivity index (χ1n) is 22.8. The topological polar surface area (TPSA) is 43.6 Å². The van der Waals surface area contributed by atoms with Crippen molar-refractivity contribution in [2.24, 2.45) is 0 Å². The number of benzene rings is 11. The fraction of sp³-hybridized carbons (Fsp3) is 0. The summed E-state index contributed by atoms with van der Waals surface area (Å²) >= 11 is 0. The Labute approximate surface area is 387 Å². The molecule has 2 heterocycles. The number of rotatable bonds is 7. The third-order valence-electron chi connectivity index (χ3n) is 13.3. The van der Waals surface area contributed by atoms with Crippen molar-refractivity contribution in [1.82, 2.24) is 19.5 Å². The van der Waals surface area contributed by atoms with Crippen LogP contribution in [0.5, 0.6) is 0 Å². The molecule has 312 valence electrons. The highest BCUT2D eigenvalue weighted by Gasteiger charge is 2.18. The normalized spacial score (nSPS) is 11.6. The van der Waals surface area contributed by atoms with Crippen LogP contribution in [0.4, 0.5) is 0 Å². The smallest absolute Gasteiger partial charge is 0.164 e. The summed E-state index contributed by atoms with van der Waals surface area (Å²) < 4.78 is 2.41. The zero-order valence-corrected chi connectivity index (χ0v) is 36.4. The van der Waals surface area contributed by atoms with Crippen LogP contribution >= 0.6 is 0 Å². The maximum atomic E-state index is 5.00. The molecule has 0 aliphatic carbocycles. The highest BCUT2D eigenvalue weighted by molar-refractivity contribution is 6.29. The molecule has 0 aliphatic heterocycles. The molecule has 0 radical (unpaired) electrons. The minimum atomic E-state index is 0.640.